The van der Waals surface area contributed by atoms with Gasteiger partial charge in [0.1, 0.15) is 17.0 Å². The van der Waals surface area contributed by atoms with Gasteiger partial charge in [0.25, 0.3) is 5.56 Å². The molecule has 0 spiro atoms. The average molecular weight is 342 g/mol. The smallest absolute Gasteiger partial charge is 0.350 e. The predicted molar refractivity (Wildman–Crippen MR) is 98.3 cm³/mol. The lowest BCUT2D eigenvalue weighted by atomic mass is 10.1. The van der Waals surface area contributed by atoms with E-state index in [1.165, 1.54) is 10.6 Å². The van der Waals surface area contributed by atoms with Gasteiger partial charge >= 0.3 is 5.97 Å². The molecule has 26 heavy (non-hydrogen) atoms. The zero-order chi connectivity index (χ0) is 17.9. The SMILES string of the molecule is O=C(Oc1ccccc1-c1ccccc1)c1cnc2ccccn2c1=O. The fourth-order valence-electron chi connectivity index (χ4n) is 2.73. The van der Waals surface area contributed by atoms with E-state index in [4.69, 9.17) is 4.74 Å². The summed E-state index contributed by atoms with van der Waals surface area (Å²) in [5.74, 6) is -0.342. The number of carbonyl (C=O) groups excluding carboxylic acids is 1. The number of rotatable bonds is 3. The van der Waals surface area contributed by atoms with E-state index in [9.17, 15) is 9.59 Å². The number of pyridine rings is 1. The summed E-state index contributed by atoms with van der Waals surface area (Å²) in [7, 11) is 0. The zero-order valence-corrected chi connectivity index (χ0v) is 13.7. The van der Waals surface area contributed by atoms with Crippen LogP contribution in [-0.2, 0) is 0 Å². The molecule has 2 aromatic heterocycles. The van der Waals surface area contributed by atoms with Crippen LogP contribution in [0.15, 0.2) is 90.0 Å². The van der Waals surface area contributed by atoms with E-state index in [0.29, 0.717) is 11.4 Å². The van der Waals surface area contributed by atoms with Crippen molar-refractivity contribution in [2.45, 2.75) is 0 Å². The maximum Gasteiger partial charge on any atom is 0.350 e. The maximum absolute atomic E-state index is 12.6. The first-order valence-corrected chi connectivity index (χ1v) is 8.07. The minimum Gasteiger partial charge on any atom is -0.422 e. The molecule has 5 nitrogen and oxygen atoms in total. The lowest BCUT2D eigenvalue weighted by Crippen LogP contribution is -2.25. The van der Waals surface area contributed by atoms with Gasteiger partial charge in [-0.1, -0.05) is 54.6 Å². The highest BCUT2D eigenvalue weighted by Gasteiger charge is 2.17. The summed E-state index contributed by atoms with van der Waals surface area (Å²) in [6, 6.07) is 22.0. The van der Waals surface area contributed by atoms with Crippen LogP contribution in [0.4, 0.5) is 0 Å². The van der Waals surface area contributed by atoms with Crippen molar-refractivity contribution in [2.75, 3.05) is 0 Å². The predicted octanol–water partition coefficient (Wildman–Crippen LogP) is 3.58. The normalized spacial score (nSPS) is 10.6. The van der Waals surface area contributed by atoms with Crippen molar-refractivity contribution in [3.63, 3.8) is 0 Å². The van der Waals surface area contributed by atoms with E-state index in [-0.39, 0.29) is 5.56 Å². The molecular formula is C21H14N2O3. The van der Waals surface area contributed by atoms with Gasteiger partial charge in [-0.3, -0.25) is 9.20 Å². The molecule has 5 heteroatoms. The first kappa shape index (κ1) is 15.8. The number of esters is 1. The minimum atomic E-state index is -0.732. The molecule has 0 N–H and O–H groups in total. The molecule has 0 atom stereocenters. The molecule has 2 heterocycles. The van der Waals surface area contributed by atoms with Gasteiger partial charge in [-0.25, -0.2) is 9.78 Å². The third-order valence-electron chi connectivity index (χ3n) is 4.01. The first-order chi connectivity index (χ1) is 12.7. The number of hydrogen-bond acceptors (Lipinski definition) is 4. The summed E-state index contributed by atoms with van der Waals surface area (Å²) in [4.78, 5) is 29.3. The van der Waals surface area contributed by atoms with Gasteiger partial charge in [0.2, 0.25) is 0 Å². The highest BCUT2D eigenvalue weighted by molar-refractivity contribution is 5.91. The molecule has 0 aliphatic carbocycles. The molecule has 0 fully saturated rings. The lowest BCUT2D eigenvalue weighted by molar-refractivity contribution is 0.0733. The van der Waals surface area contributed by atoms with E-state index < -0.39 is 11.5 Å². The molecule has 126 valence electrons. The molecule has 0 aliphatic rings. The molecule has 4 aromatic rings. The summed E-state index contributed by atoms with van der Waals surface area (Å²) in [5.41, 5.74) is 1.59. The number of aromatic nitrogens is 2. The van der Waals surface area contributed by atoms with Gasteiger partial charge < -0.3 is 4.74 Å². The highest BCUT2D eigenvalue weighted by atomic mass is 16.5. The van der Waals surface area contributed by atoms with Crippen molar-refractivity contribution in [3.05, 3.63) is 101 Å². The minimum absolute atomic E-state index is 0.114. The third-order valence-corrected chi connectivity index (χ3v) is 4.01. The molecule has 0 radical (unpaired) electrons. The van der Waals surface area contributed by atoms with Crippen LogP contribution in [0, 0.1) is 0 Å². The quantitative estimate of drug-likeness (QED) is 0.422. The van der Waals surface area contributed by atoms with Crippen LogP contribution >= 0.6 is 0 Å². The molecule has 0 unspecified atom stereocenters. The van der Waals surface area contributed by atoms with E-state index in [2.05, 4.69) is 4.98 Å². The molecule has 0 saturated carbocycles. The van der Waals surface area contributed by atoms with Crippen molar-refractivity contribution in [1.29, 1.82) is 0 Å². The second kappa shape index (κ2) is 6.64. The van der Waals surface area contributed by atoms with Crippen molar-refractivity contribution >= 4 is 11.6 Å². The summed E-state index contributed by atoms with van der Waals surface area (Å²) in [6.45, 7) is 0. The molecular weight excluding hydrogens is 328 g/mol. The standard InChI is InChI=1S/C21H14N2O3/c24-20-17(14-22-19-12-6-7-13-23(19)20)21(25)26-18-11-5-4-10-16(18)15-8-2-1-3-9-15/h1-14H. The number of nitrogens with zero attached hydrogens (tertiary/aromatic N) is 2. The van der Waals surface area contributed by atoms with E-state index in [0.717, 1.165) is 11.1 Å². The number of benzene rings is 2. The van der Waals surface area contributed by atoms with Crippen molar-refractivity contribution in [2.24, 2.45) is 0 Å². The summed E-state index contributed by atoms with van der Waals surface area (Å²) in [6.07, 6.45) is 2.82. The summed E-state index contributed by atoms with van der Waals surface area (Å²) >= 11 is 0. The highest BCUT2D eigenvalue weighted by Crippen LogP contribution is 2.29. The van der Waals surface area contributed by atoms with Crippen molar-refractivity contribution in [3.8, 4) is 16.9 Å². The second-order valence-corrected chi connectivity index (χ2v) is 5.66. The molecule has 2 aromatic carbocycles. The lowest BCUT2D eigenvalue weighted by Gasteiger charge is -2.10. The van der Waals surface area contributed by atoms with E-state index >= 15 is 0 Å². The Hall–Kier alpha value is -3.73. The van der Waals surface area contributed by atoms with Crippen LogP contribution in [0.1, 0.15) is 10.4 Å². The third kappa shape index (κ3) is 2.86. The average Bonchev–Trinajstić information content (AvgIpc) is 2.69. The fourth-order valence-corrected chi connectivity index (χ4v) is 2.73. The van der Waals surface area contributed by atoms with Gasteiger partial charge in [-0.15, -0.1) is 0 Å². The molecule has 4 rings (SSSR count). The Morgan fingerprint density at radius 1 is 0.885 bits per heavy atom. The Balaban J connectivity index is 1.72. The second-order valence-electron chi connectivity index (χ2n) is 5.66. The van der Waals surface area contributed by atoms with Crippen LogP contribution in [0.3, 0.4) is 0 Å². The van der Waals surface area contributed by atoms with E-state index in [1.54, 1.807) is 36.5 Å². The number of fused-ring (bicyclic) bond motifs is 1. The van der Waals surface area contributed by atoms with Gasteiger partial charge in [0.15, 0.2) is 0 Å². The Morgan fingerprint density at radius 3 is 2.46 bits per heavy atom. The Labute approximate surface area is 149 Å². The molecule has 0 aliphatic heterocycles. The maximum atomic E-state index is 12.6. The van der Waals surface area contributed by atoms with Crippen molar-refractivity contribution < 1.29 is 9.53 Å². The Morgan fingerprint density at radius 2 is 1.62 bits per heavy atom. The van der Waals surface area contributed by atoms with Gasteiger partial charge in [0.05, 0.1) is 0 Å². The summed E-state index contributed by atoms with van der Waals surface area (Å²) in [5, 5.41) is 0. The van der Waals surface area contributed by atoms with Crippen LogP contribution < -0.4 is 10.3 Å². The number of carbonyl (C=O) groups is 1. The first-order valence-electron chi connectivity index (χ1n) is 8.07. The van der Waals surface area contributed by atoms with Crippen molar-refractivity contribution in [1.82, 2.24) is 9.38 Å². The number of para-hydroxylation sites is 1. The number of ether oxygens (including phenoxy) is 1. The topological polar surface area (TPSA) is 60.7 Å². The largest absolute Gasteiger partial charge is 0.422 e. The van der Waals surface area contributed by atoms with Gasteiger partial charge in [-0.2, -0.15) is 0 Å². The van der Waals surface area contributed by atoms with Crippen LogP contribution in [0.5, 0.6) is 5.75 Å². The van der Waals surface area contributed by atoms with Gasteiger partial charge in [0, 0.05) is 18.0 Å². The van der Waals surface area contributed by atoms with Crippen LogP contribution in [-0.4, -0.2) is 15.4 Å². The Bertz CT molecular complexity index is 1150. The number of hydrogen-bond donors (Lipinski definition) is 0. The monoisotopic (exact) mass is 342 g/mol. The summed E-state index contributed by atoms with van der Waals surface area (Å²) < 4.78 is 6.84. The molecule has 0 saturated heterocycles. The van der Waals surface area contributed by atoms with E-state index in [1.807, 2.05) is 42.5 Å². The molecule has 0 amide bonds. The fraction of sp³-hybridized carbons (Fsp3) is 0. The van der Waals surface area contributed by atoms with Gasteiger partial charge in [-0.05, 0) is 23.8 Å². The molecule has 0 bridgehead atoms. The zero-order valence-electron chi connectivity index (χ0n) is 13.7. The Kier molecular flexibility index (Phi) is 4.03. The van der Waals surface area contributed by atoms with Crippen LogP contribution in [0.2, 0.25) is 0 Å². The van der Waals surface area contributed by atoms with Crippen LogP contribution in [0.25, 0.3) is 16.8 Å².